The Labute approximate surface area is 106 Å². The lowest BCUT2D eigenvalue weighted by Gasteiger charge is -2.34. The van der Waals surface area contributed by atoms with Gasteiger partial charge in [0.2, 0.25) is 0 Å². The lowest BCUT2D eigenvalue weighted by atomic mass is 9.92. The summed E-state index contributed by atoms with van der Waals surface area (Å²) < 4.78 is 5.86. The molecular weight excluding hydrogens is 230 g/mol. The summed E-state index contributed by atoms with van der Waals surface area (Å²) in [5.74, 6) is 0.658. The van der Waals surface area contributed by atoms with Gasteiger partial charge < -0.3 is 9.64 Å². The zero-order chi connectivity index (χ0) is 12.5. The number of likely N-dealkylation sites (tertiary alicyclic amines) is 1. The number of nitrogens with zero attached hydrogens (tertiary/aromatic N) is 3. The first kappa shape index (κ1) is 11.6. The van der Waals surface area contributed by atoms with Crippen molar-refractivity contribution < 1.29 is 9.53 Å². The molecule has 5 heteroatoms. The molecule has 2 saturated heterocycles. The number of carbonyl (C=O) groups is 1. The molecule has 0 aromatic carbocycles. The lowest BCUT2D eigenvalue weighted by molar-refractivity contribution is 0.00155. The van der Waals surface area contributed by atoms with E-state index in [9.17, 15) is 4.79 Å². The third-order valence-electron chi connectivity index (χ3n) is 3.86. The van der Waals surface area contributed by atoms with Gasteiger partial charge in [0, 0.05) is 13.1 Å². The van der Waals surface area contributed by atoms with Crippen molar-refractivity contribution in [3.05, 3.63) is 24.0 Å². The highest BCUT2D eigenvalue weighted by atomic mass is 16.5. The number of hydrogen-bond donors (Lipinski definition) is 0. The maximum Gasteiger partial charge on any atom is 0.255 e. The average Bonchev–Trinajstić information content (AvgIpc) is 2.78. The predicted molar refractivity (Wildman–Crippen MR) is 65.0 cm³/mol. The van der Waals surface area contributed by atoms with E-state index >= 15 is 0 Å². The second-order valence-corrected chi connectivity index (χ2v) is 5.15. The maximum atomic E-state index is 12.3. The molecule has 3 rings (SSSR count). The fourth-order valence-corrected chi connectivity index (χ4v) is 2.95. The van der Waals surface area contributed by atoms with Crippen LogP contribution in [0.4, 0.5) is 0 Å². The Hall–Kier alpha value is -1.49. The zero-order valence-corrected chi connectivity index (χ0v) is 10.5. The van der Waals surface area contributed by atoms with E-state index in [4.69, 9.17) is 4.74 Å². The quantitative estimate of drug-likeness (QED) is 0.746. The van der Waals surface area contributed by atoms with Gasteiger partial charge in [0.15, 0.2) is 0 Å². The van der Waals surface area contributed by atoms with Crippen LogP contribution in [0.5, 0.6) is 0 Å². The van der Waals surface area contributed by atoms with Gasteiger partial charge in [-0.15, -0.1) is 0 Å². The van der Waals surface area contributed by atoms with Crippen molar-refractivity contribution >= 4 is 5.91 Å². The van der Waals surface area contributed by atoms with Crippen molar-refractivity contribution in [3.8, 4) is 0 Å². The van der Waals surface area contributed by atoms with E-state index in [1.807, 2.05) is 4.90 Å². The molecule has 1 aromatic rings. The summed E-state index contributed by atoms with van der Waals surface area (Å²) in [5, 5.41) is 7.44. The Kier molecular flexibility index (Phi) is 2.99. The normalized spacial score (nSPS) is 31.2. The van der Waals surface area contributed by atoms with E-state index < -0.39 is 0 Å². The Bertz CT molecular complexity index is 437. The van der Waals surface area contributed by atoms with Gasteiger partial charge in [0.1, 0.15) is 0 Å². The largest absolute Gasteiger partial charge is 0.373 e. The number of hydrogen-bond acceptors (Lipinski definition) is 4. The number of amides is 1. The van der Waals surface area contributed by atoms with Crippen molar-refractivity contribution in [3.63, 3.8) is 0 Å². The van der Waals surface area contributed by atoms with Crippen molar-refractivity contribution in [1.29, 1.82) is 0 Å². The minimum Gasteiger partial charge on any atom is -0.373 e. The molecule has 3 heterocycles. The third-order valence-corrected chi connectivity index (χ3v) is 3.86. The summed E-state index contributed by atoms with van der Waals surface area (Å²) in [6, 6.07) is 1.71. The smallest absolute Gasteiger partial charge is 0.255 e. The molecule has 96 valence electrons. The minimum atomic E-state index is 0.0338. The number of piperidine rings is 1. The fraction of sp³-hybridized carbons (Fsp3) is 0.615. The topological polar surface area (TPSA) is 55.3 Å². The first-order valence-corrected chi connectivity index (χ1v) is 6.45. The number of ether oxygens (including phenoxy) is 1. The molecule has 3 atom stereocenters. The molecule has 0 saturated carbocycles. The predicted octanol–water partition coefficient (Wildman–Crippen LogP) is 1.12. The molecule has 1 aromatic heterocycles. The lowest BCUT2D eigenvalue weighted by Crippen LogP contribution is -2.45. The third kappa shape index (κ3) is 2.10. The molecule has 0 radical (unpaired) electrons. The minimum absolute atomic E-state index is 0.0338. The second-order valence-electron chi connectivity index (χ2n) is 5.15. The molecule has 0 bridgehead atoms. The Morgan fingerprint density at radius 3 is 3.17 bits per heavy atom. The summed E-state index contributed by atoms with van der Waals surface area (Å²) in [5.41, 5.74) is 0.606. The molecule has 2 aliphatic rings. The molecule has 5 nitrogen and oxygen atoms in total. The molecule has 0 aliphatic carbocycles. The first-order chi connectivity index (χ1) is 8.74. The van der Waals surface area contributed by atoms with Gasteiger partial charge in [-0.1, -0.05) is 0 Å². The van der Waals surface area contributed by atoms with E-state index in [0.717, 1.165) is 19.4 Å². The molecule has 2 fully saturated rings. The van der Waals surface area contributed by atoms with Crippen molar-refractivity contribution in [2.24, 2.45) is 5.92 Å². The summed E-state index contributed by atoms with van der Waals surface area (Å²) in [6.07, 6.45) is 5.79. The number of aromatic nitrogens is 2. The molecular formula is C13H17N3O2. The Morgan fingerprint density at radius 1 is 1.50 bits per heavy atom. The average molecular weight is 247 g/mol. The van der Waals surface area contributed by atoms with Crippen LogP contribution in [0.25, 0.3) is 0 Å². The van der Waals surface area contributed by atoms with Crippen molar-refractivity contribution in [2.75, 3.05) is 13.1 Å². The summed E-state index contributed by atoms with van der Waals surface area (Å²) in [4.78, 5) is 14.1. The van der Waals surface area contributed by atoms with E-state index in [1.165, 1.54) is 6.20 Å². The maximum absolute atomic E-state index is 12.3. The van der Waals surface area contributed by atoms with Gasteiger partial charge in [-0.25, -0.2) is 0 Å². The van der Waals surface area contributed by atoms with Crippen LogP contribution in [0.3, 0.4) is 0 Å². The number of carbonyl (C=O) groups excluding carboxylic acids is 1. The Morgan fingerprint density at radius 2 is 2.39 bits per heavy atom. The van der Waals surface area contributed by atoms with E-state index in [2.05, 4.69) is 17.1 Å². The molecule has 0 N–H and O–H groups in total. The molecule has 0 unspecified atom stereocenters. The second kappa shape index (κ2) is 4.65. The SMILES string of the molecule is C[C@H]1C[C@@H]2CCN(C(=O)c3ccnnc3)C[C@H]2O1. The van der Waals surface area contributed by atoms with Gasteiger partial charge in [-0.3, -0.25) is 4.79 Å². The van der Waals surface area contributed by atoms with Crippen LogP contribution in [0, 0.1) is 5.92 Å². The van der Waals surface area contributed by atoms with E-state index in [0.29, 0.717) is 24.1 Å². The Balaban J connectivity index is 1.70. The van der Waals surface area contributed by atoms with E-state index in [1.54, 1.807) is 12.3 Å². The van der Waals surface area contributed by atoms with Crippen LogP contribution in [0.15, 0.2) is 18.5 Å². The van der Waals surface area contributed by atoms with Crippen LogP contribution < -0.4 is 0 Å². The van der Waals surface area contributed by atoms with Crippen molar-refractivity contribution in [2.45, 2.75) is 32.0 Å². The monoisotopic (exact) mass is 247 g/mol. The van der Waals surface area contributed by atoms with Crippen LogP contribution in [-0.4, -0.2) is 46.3 Å². The fourth-order valence-electron chi connectivity index (χ4n) is 2.95. The molecule has 18 heavy (non-hydrogen) atoms. The number of rotatable bonds is 1. The number of fused-ring (bicyclic) bond motifs is 1. The van der Waals surface area contributed by atoms with E-state index in [-0.39, 0.29) is 12.0 Å². The van der Waals surface area contributed by atoms with Crippen LogP contribution >= 0.6 is 0 Å². The zero-order valence-electron chi connectivity index (χ0n) is 10.5. The first-order valence-electron chi connectivity index (χ1n) is 6.45. The van der Waals surface area contributed by atoms with Crippen LogP contribution in [0.2, 0.25) is 0 Å². The van der Waals surface area contributed by atoms with Gasteiger partial charge in [0.25, 0.3) is 5.91 Å². The highest BCUT2D eigenvalue weighted by molar-refractivity contribution is 5.93. The summed E-state index contributed by atoms with van der Waals surface area (Å²) in [6.45, 7) is 3.63. The highest BCUT2D eigenvalue weighted by Crippen LogP contribution is 2.33. The highest BCUT2D eigenvalue weighted by Gasteiger charge is 2.38. The summed E-state index contributed by atoms with van der Waals surface area (Å²) >= 11 is 0. The molecule has 2 aliphatic heterocycles. The van der Waals surface area contributed by atoms with Gasteiger partial charge in [0.05, 0.1) is 30.2 Å². The molecule has 0 spiro atoms. The van der Waals surface area contributed by atoms with Gasteiger partial charge >= 0.3 is 0 Å². The van der Waals surface area contributed by atoms with Crippen LogP contribution in [-0.2, 0) is 4.74 Å². The van der Waals surface area contributed by atoms with Gasteiger partial charge in [-0.05, 0) is 31.7 Å². The van der Waals surface area contributed by atoms with Gasteiger partial charge in [-0.2, -0.15) is 10.2 Å². The standard InChI is InChI=1S/C13H17N3O2/c1-9-6-10-3-5-16(8-12(10)18-9)13(17)11-2-4-14-15-7-11/h2,4,7,9-10,12H,3,5-6,8H2,1H3/t9-,10-,12+/m0/s1. The van der Waals surface area contributed by atoms with Crippen molar-refractivity contribution in [1.82, 2.24) is 15.1 Å². The molecule has 1 amide bonds. The van der Waals surface area contributed by atoms with Crippen LogP contribution in [0.1, 0.15) is 30.1 Å². The summed E-state index contributed by atoms with van der Waals surface area (Å²) in [7, 11) is 0.